The van der Waals surface area contributed by atoms with Gasteiger partial charge in [-0.15, -0.1) is 11.3 Å². The van der Waals surface area contributed by atoms with Gasteiger partial charge in [-0.2, -0.15) is 5.10 Å². The fraction of sp³-hybridized carbons (Fsp3) is 0. The van der Waals surface area contributed by atoms with E-state index in [-0.39, 0.29) is 0 Å². The zero-order valence-corrected chi connectivity index (χ0v) is 6.58. The normalized spacial score (nSPS) is 8.36. The molecule has 4 heteroatoms. The van der Waals surface area contributed by atoms with Crippen LogP contribution in [-0.4, -0.2) is 15.3 Å². The molecule has 0 fully saturated rings. The Balaban J connectivity index is 0.000000112. The molecule has 0 saturated carbocycles. The van der Waals surface area contributed by atoms with Crippen LogP contribution in [0.5, 0.6) is 5.06 Å². The third kappa shape index (κ3) is 3.42. The maximum Gasteiger partial charge on any atom is 0.171 e. The van der Waals surface area contributed by atoms with Crippen LogP contribution in [0.2, 0.25) is 0 Å². The molecule has 2 aromatic heterocycles. The van der Waals surface area contributed by atoms with Crippen LogP contribution in [0.25, 0.3) is 0 Å². The summed E-state index contributed by atoms with van der Waals surface area (Å²) < 4.78 is 0. The van der Waals surface area contributed by atoms with Gasteiger partial charge in [0, 0.05) is 12.4 Å². The van der Waals surface area contributed by atoms with Gasteiger partial charge in [-0.05, 0) is 23.6 Å². The highest BCUT2D eigenvalue weighted by Gasteiger charge is 1.77. The van der Waals surface area contributed by atoms with Crippen molar-refractivity contribution in [3.63, 3.8) is 0 Å². The summed E-state index contributed by atoms with van der Waals surface area (Å²) in [5, 5.41) is 16.9. The largest absolute Gasteiger partial charge is 0.499 e. The highest BCUT2D eigenvalue weighted by atomic mass is 32.1. The minimum Gasteiger partial charge on any atom is -0.499 e. The smallest absolute Gasteiger partial charge is 0.171 e. The van der Waals surface area contributed by atoms with Crippen LogP contribution in [0.3, 0.4) is 0 Å². The molecular formula is C7H8N2OS. The van der Waals surface area contributed by atoms with Crippen LogP contribution < -0.4 is 0 Å². The standard InChI is InChI=1S/C4H4OS.C3H4N2/c5-4-2-1-3-6-4;1-2-4-5-3-1/h1-3,5H;1-3H,(H,4,5). The van der Waals surface area contributed by atoms with Crippen LogP contribution in [0.15, 0.2) is 36.0 Å². The molecular weight excluding hydrogens is 160 g/mol. The monoisotopic (exact) mass is 168 g/mol. The van der Waals surface area contributed by atoms with E-state index in [1.807, 2.05) is 11.4 Å². The lowest BCUT2D eigenvalue weighted by atomic mass is 10.7. The van der Waals surface area contributed by atoms with Crippen LogP contribution in [-0.2, 0) is 0 Å². The minimum atomic E-state index is 0.384. The summed E-state index contributed by atoms with van der Waals surface area (Å²) in [5.74, 6) is 0. The van der Waals surface area contributed by atoms with Gasteiger partial charge < -0.3 is 5.11 Å². The third-order valence-electron chi connectivity index (χ3n) is 0.912. The average molecular weight is 168 g/mol. The van der Waals surface area contributed by atoms with E-state index in [0.717, 1.165) is 0 Å². The van der Waals surface area contributed by atoms with Crippen LogP contribution in [0, 0.1) is 0 Å². The van der Waals surface area contributed by atoms with E-state index in [1.54, 1.807) is 24.5 Å². The van der Waals surface area contributed by atoms with Gasteiger partial charge in [0.15, 0.2) is 5.06 Å². The van der Waals surface area contributed by atoms with E-state index in [2.05, 4.69) is 10.2 Å². The molecule has 0 radical (unpaired) electrons. The van der Waals surface area contributed by atoms with Crippen molar-refractivity contribution < 1.29 is 5.11 Å². The molecule has 0 amide bonds. The lowest BCUT2D eigenvalue weighted by molar-refractivity contribution is 0.491. The van der Waals surface area contributed by atoms with Gasteiger partial charge in [0.1, 0.15) is 0 Å². The molecule has 2 heterocycles. The number of rotatable bonds is 0. The van der Waals surface area contributed by atoms with Gasteiger partial charge >= 0.3 is 0 Å². The summed E-state index contributed by atoms with van der Waals surface area (Å²) in [6, 6.07) is 5.30. The molecule has 11 heavy (non-hydrogen) atoms. The van der Waals surface area contributed by atoms with E-state index in [4.69, 9.17) is 5.11 Å². The molecule has 0 aliphatic heterocycles. The minimum absolute atomic E-state index is 0.384. The van der Waals surface area contributed by atoms with E-state index in [0.29, 0.717) is 5.06 Å². The number of nitrogens with zero attached hydrogens (tertiary/aromatic N) is 1. The van der Waals surface area contributed by atoms with Gasteiger partial charge in [-0.3, -0.25) is 5.10 Å². The lowest BCUT2D eigenvalue weighted by Crippen LogP contribution is -1.53. The molecule has 0 atom stereocenters. The molecule has 2 N–H and O–H groups in total. The Bertz CT molecular complexity index is 235. The van der Waals surface area contributed by atoms with Crippen molar-refractivity contribution in [1.82, 2.24) is 10.2 Å². The van der Waals surface area contributed by atoms with Crippen LogP contribution >= 0.6 is 11.3 Å². The number of aromatic hydroxyl groups is 1. The predicted octanol–water partition coefficient (Wildman–Crippen LogP) is 1.86. The van der Waals surface area contributed by atoms with Gasteiger partial charge in [0.2, 0.25) is 0 Å². The number of H-pyrrole nitrogens is 1. The topological polar surface area (TPSA) is 48.9 Å². The molecule has 0 aliphatic carbocycles. The Morgan fingerprint density at radius 3 is 2.55 bits per heavy atom. The molecule has 0 spiro atoms. The first kappa shape index (κ1) is 7.81. The average Bonchev–Trinajstić information content (AvgIpc) is 2.57. The molecule has 0 unspecified atom stereocenters. The summed E-state index contributed by atoms with van der Waals surface area (Å²) in [6.07, 6.45) is 3.46. The van der Waals surface area contributed by atoms with Crippen molar-refractivity contribution in [2.24, 2.45) is 0 Å². The van der Waals surface area contributed by atoms with Gasteiger partial charge in [0.25, 0.3) is 0 Å². The summed E-state index contributed by atoms with van der Waals surface area (Å²) in [7, 11) is 0. The maximum absolute atomic E-state index is 8.49. The van der Waals surface area contributed by atoms with Gasteiger partial charge in [0.05, 0.1) is 0 Å². The molecule has 3 nitrogen and oxygen atoms in total. The highest BCUT2D eigenvalue weighted by molar-refractivity contribution is 7.11. The third-order valence-corrected chi connectivity index (χ3v) is 1.58. The second-order valence-corrected chi connectivity index (χ2v) is 2.64. The highest BCUT2D eigenvalue weighted by Crippen LogP contribution is 2.14. The number of aromatic nitrogens is 2. The SMILES string of the molecule is Oc1cccs1.c1cn[nH]c1. The molecule has 0 saturated heterocycles. The van der Waals surface area contributed by atoms with E-state index >= 15 is 0 Å². The summed E-state index contributed by atoms with van der Waals surface area (Å²) in [4.78, 5) is 0. The lowest BCUT2D eigenvalue weighted by Gasteiger charge is -1.67. The predicted molar refractivity (Wildman–Crippen MR) is 44.6 cm³/mol. The van der Waals surface area contributed by atoms with Crippen molar-refractivity contribution in [3.05, 3.63) is 36.0 Å². The quantitative estimate of drug-likeness (QED) is 0.630. The van der Waals surface area contributed by atoms with E-state index < -0.39 is 0 Å². The van der Waals surface area contributed by atoms with Crippen molar-refractivity contribution in [3.8, 4) is 5.06 Å². The summed E-state index contributed by atoms with van der Waals surface area (Å²) in [5.41, 5.74) is 0. The fourth-order valence-corrected chi connectivity index (χ4v) is 0.939. The number of hydrogen-bond acceptors (Lipinski definition) is 3. The zero-order valence-electron chi connectivity index (χ0n) is 5.77. The Kier molecular flexibility index (Phi) is 3.21. The number of nitrogens with one attached hydrogen (secondary N) is 1. The van der Waals surface area contributed by atoms with Crippen molar-refractivity contribution in [1.29, 1.82) is 0 Å². The molecule has 2 rings (SSSR count). The number of thiophene rings is 1. The van der Waals surface area contributed by atoms with Gasteiger partial charge in [-0.1, -0.05) is 0 Å². The fourth-order valence-electron chi connectivity index (χ4n) is 0.485. The van der Waals surface area contributed by atoms with E-state index in [9.17, 15) is 0 Å². The second-order valence-electron chi connectivity index (χ2n) is 1.72. The van der Waals surface area contributed by atoms with Crippen molar-refractivity contribution in [2.75, 3.05) is 0 Å². The second kappa shape index (κ2) is 4.51. The molecule has 0 aromatic carbocycles. The van der Waals surface area contributed by atoms with Crippen molar-refractivity contribution in [2.45, 2.75) is 0 Å². The first-order chi connectivity index (χ1) is 5.39. The molecule has 0 aliphatic rings. The van der Waals surface area contributed by atoms with Crippen LogP contribution in [0.4, 0.5) is 0 Å². The Morgan fingerprint density at radius 2 is 2.36 bits per heavy atom. The Hall–Kier alpha value is -1.29. The molecule has 58 valence electrons. The van der Waals surface area contributed by atoms with E-state index in [1.165, 1.54) is 11.3 Å². The number of hydrogen-bond donors (Lipinski definition) is 2. The Morgan fingerprint density at radius 1 is 1.45 bits per heavy atom. The number of aromatic amines is 1. The molecule has 0 bridgehead atoms. The first-order valence-electron chi connectivity index (χ1n) is 3.06. The Labute approximate surface area is 68.3 Å². The summed E-state index contributed by atoms with van der Waals surface area (Å²) >= 11 is 1.33. The first-order valence-corrected chi connectivity index (χ1v) is 3.94. The van der Waals surface area contributed by atoms with Crippen LogP contribution in [0.1, 0.15) is 0 Å². The molecule has 2 aromatic rings. The van der Waals surface area contributed by atoms with Crippen molar-refractivity contribution >= 4 is 11.3 Å². The maximum atomic E-state index is 8.49. The van der Waals surface area contributed by atoms with Gasteiger partial charge in [-0.25, -0.2) is 0 Å². The summed E-state index contributed by atoms with van der Waals surface area (Å²) in [6.45, 7) is 0. The zero-order chi connectivity index (χ0) is 7.94.